The molecule has 1 aromatic carbocycles. The van der Waals surface area contributed by atoms with E-state index in [2.05, 4.69) is 77.4 Å². The first kappa shape index (κ1) is 23.8. The van der Waals surface area contributed by atoms with Gasteiger partial charge in [-0.25, -0.2) is 9.31 Å². The zero-order valence-corrected chi connectivity index (χ0v) is 21.8. The molecule has 0 N–H and O–H groups in total. The van der Waals surface area contributed by atoms with E-state index in [1.807, 2.05) is 15.6 Å². The number of amides is 2. The maximum Gasteiger partial charge on any atom is 0.320 e. The van der Waals surface area contributed by atoms with Gasteiger partial charge in [0.2, 0.25) is 0 Å². The van der Waals surface area contributed by atoms with Crippen LogP contribution in [-0.2, 0) is 0 Å². The van der Waals surface area contributed by atoms with Crippen molar-refractivity contribution in [2.24, 2.45) is 5.92 Å². The molecule has 8 heteroatoms. The first-order chi connectivity index (χ1) is 18.0. The van der Waals surface area contributed by atoms with Crippen LogP contribution in [0.4, 0.5) is 10.5 Å². The Kier molecular flexibility index (Phi) is 6.25. The SMILES string of the molecule is CC(C)N1CC[C@H](c2ccc(-c3cc4c(N5CCN(C(=O)N6CC(C#N)C6)CC5)ccnn4c3)cc2)C1. The minimum absolute atomic E-state index is 0.00643. The fraction of sp³-hybridized carbons (Fsp3) is 0.483. The van der Waals surface area contributed by atoms with Crippen LogP contribution < -0.4 is 4.90 Å². The average molecular weight is 498 g/mol. The molecule has 3 saturated heterocycles. The number of likely N-dealkylation sites (tertiary alicyclic amines) is 2. The number of hydrogen-bond acceptors (Lipinski definition) is 5. The van der Waals surface area contributed by atoms with Gasteiger partial charge in [-0.3, -0.25) is 0 Å². The van der Waals surface area contributed by atoms with Gasteiger partial charge in [-0.15, -0.1) is 0 Å². The summed E-state index contributed by atoms with van der Waals surface area (Å²) in [7, 11) is 0. The lowest BCUT2D eigenvalue weighted by atomic mass is 9.96. The lowest BCUT2D eigenvalue weighted by Crippen LogP contribution is -2.58. The first-order valence-corrected chi connectivity index (χ1v) is 13.5. The molecular formula is C29H35N7O. The van der Waals surface area contributed by atoms with E-state index in [1.165, 1.54) is 29.7 Å². The van der Waals surface area contributed by atoms with Crippen molar-refractivity contribution in [2.75, 3.05) is 57.3 Å². The molecule has 0 bridgehead atoms. The van der Waals surface area contributed by atoms with Crippen molar-refractivity contribution in [1.82, 2.24) is 24.3 Å². The van der Waals surface area contributed by atoms with Crippen LogP contribution in [0.5, 0.6) is 0 Å². The molecule has 0 unspecified atom stereocenters. The Hall–Kier alpha value is -3.57. The molecule has 5 heterocycles. The van der Waals surface area contributed by atoms with Crippen LogP contribution in [0, 0.1) is 17.2 Å². The number of fused-ring (bicyclic) bond motifs is 1. The van der Waals surface area contributed by atoms with Crippen molar-refractivity contribution >= 4 is 17.2 Å². The van der Waals surface area contributed by atoms with Gasteiger partial charge >= 0.3 is 6.03 Å². The van der Waals surface area contributed by atoms with Crippen LogP contribution in [-0.4, -0.2) is 88.7 Å². The average Bonchev–Trinajstić information content (AvgIpc) is 3.56. The molecule has 0 saturated carbocycles. The molecule has 3 aliphatic heterocycles. The summed E-state index contributed by atoms with van der Waals surface area (Å²) >= 11 is 0. The van der Waals surface area contributed by atoms with E-state index in [4.69, 9.17) is 5.26 Å². The second-order valence-electron chi connectivity index (χ2n) is 11.0. The summed E-state index contributed by atoms with van der Waals surface area (Å²) in [5, 5.41) is 13.6. The number of benzene rings is 1. The highest BCUT2D eigenvalue weighted by Crippen LogP contribution is 2.32. The summed E-state index contributed by atoms with van der Waals surface area (Å²) < 4.78 is 1.97. The van der Waals surface area contributed by atoms with Gasteiger partial charge in [0, 0.05) is 69.8 Å². The maximum absolute atomic E-state index is 12.7. The van der Waals surface area contributed by atoms with Crippen molar-refractivity contribution in [1.29, 1.82) is 5.26 Å². The summed E-state index contributed by atoms with van der Waals surface area (Å²) in [6.45, 7) is 11.0. The highest BCUT2D eigenvalue weighted by molar-refractivity contribution is 5.80. The van der Waals surface area contributed by atoms with Crippen LogP contribution in [0.1, 0.15) is 31.7 Å². The van der Waals surface area contributed by atoms with E-state index >= 15 is 0 Å². The number of piperazine rings is 1. The Morgan fingerprint density at radius 2 is 1.73 bits per heavy atom. The van der Waals surface area contributed by atoms with Crippen LogP contribution in [0.15, 0.2) is 48.8 Å². The van der Waals surface area contributed by atoms with Gasteiger partial charge in [-0.1, -0.05) is 24.3 Å². The standard InChI is InChI=1S/C29H35N7O/c1-21(2)34-10-8-25(19-34)23-3-5-24(6-4-23)26-15-28-27(7-9-31-36(28)20-26)32-11-13-33(14-12-32)29(37)35-17-22(16-30)18-35/h3-7,9,15,20-22,25H,8,10-14,17-19H2,1-2H3/t25-/m0/s1. The van der Waals surface area contributed by atoms with Crippen molar-refractivity contribution in [2.45, 2.75) is 32.2 Å². The zero-order chi connectivity index (χ0) is 25.5. The Labute approximate surface area is 218 Å². The van der Waals surface area contributed by atoms with E-state index < -0.39 is 0 Å². The summed E-state index contributed by atoms with van der Waals surface area (Å²) in [4.78, 5) is 21.3. The lowest BCUT2D eigenvalue weighted by molar-refractivity contribution is 0.106. The number of aromatic nitrogens is 2. The second-order valence-corrected chi connectivity index (χ2v) is 11.0. The molecule has 1 atom stereocenters. The van der Waals surface area contributed by atoms with Crippen LogP contribution in [0.3, 0.4) is 0 Å². The van der Waals surface area contributed by atoms with E-state index in [9.17, 15) is 4.79 Å². The number of rotatable bonds is 4. The number of nitrogens with zero attached hydrogens (tertiary/aromatic N) is 7. The van der Waals surface area contributed by atoms with Gasteiger partial charge in [0.1, 0.15) is 0 Å². The normalized spacial score (nSPS) is 21.0. The smallest absolute Gasteiger partial charge is 0.320 e. The lowest BCUT2D eigenvalue weighted by Gasteiger charge is -2.42. The van der Waals surface area contributed by atoms with E-state index in [1.54, 1.807) is 4.90 Å². The molecule has 37 heavy (non-hydrogen) atoms. The molecule has 0 aliphatic carbocycles. The fourth-order valence-electron chi connectivity index (χ4n) is 5.96. The minimum atomic E-state index is -0.00643. The van der Waals surface area contributed by atoms with Gasteiger partial charge in [-0.2, -0.15) is 10.4 Å². The quantitative estimate of drug-likeness (QED) is 0.547. The van der Waals surface area contributed by atoms with E-state index in [0.717, 1.165) is 30.8 Å². The van der Waals surface area contributed by atoms with Crippen LogP contribution in [0.25, 0.3) is 16.6 Å². The molecule has 0 spiro atoms. The predicted octanol–water partition coefficient (Wildman–Crippen LogP) is 3.90. The van der Waals surface area contributed by atoms with Gasteiger partial charge in [0.05, 0.1) is 23.2 Å². The van der Waals surface area contributed by atoms with Gasteiger partial charge < -0.3 is 19.6 Å². The van der Waals surface area contributed by atoms with Crippen molar-refractivity contribution in [3.05, 3.63) is 54.4 Å². The highest BCUT2D eigenvalue weighted by Gasteiger charge is 2.34. The Bertz CT molecular complexity index is 1310. The molecule has 3 fully saturated rings. The number of anilines is 1. The molecule has 2 aromatic heterocycles. The van der Waals surface area contributed by atoms with Crippen LogP contribution >= 0.6 is 0 Å². The summed E-state index contributed by atoms with van der Waals surface area (Å²) in [6.07, 6.45) is 5.20. The van der Waals surface area contributed by atoms with E-state index in [-0.39, 0.29) is 11.9 Å². The Balaban J connectivity index is 1.14. The molecule has 3 aliphatic rings. The highest BCUT2D eigenvalue weighted by atomic mass is 16.2. The Morgan fingerprint density at radius 1 is 0.973 bits per heavy atom. The zero-order valence-electron chi connectivity index (χ0n) is 21.8. The summed E-state index contributed by atoms with van der Waals surface area (Å²) in [5.74, 6) is 0.616. The van der Waals surface area contributed by atoms with Crippen molar-refractivity contribution in [3.8, 4) is 17.2 Å². The van der Waals surface area contributed by atoms with Crippen molar-refractivity contribution in [3.63, 3.8) is 0 Å². The molecular weight excluding hydrogens is 462 g/mol. The third kappa shape index (κ3) is 4.53. The number of urea groups is 1. The number of carbonyl (C=O) groups excluding carboxylic acids is 1. The fourth-order valence-corrected chi connectivity index (χ4v) is 5.96. The monoisotopic (exact) mass is 497 g/mol. The Morgan fingerprint density at radius 3 is 2.41 bits per heavy atom. The van der Waals surface area contributed by atoms with Crippen LogP contribution in [0.2, 0.25) is 0 Å². The molecule has 3 aromatic rings. The molecule has 6 rings (SSSR count). The predicted molar refractivity (Wildman–Crippen MR) is 145 cm³/mol. The molecule has 8 nitrogen and oxygen atoms in total. The molecule has 0 radical (unpaired) electrons. The topological polar surface area (TPSA) is 71.1 Å². The largest absolute Gasteiger partial charge is 0.366 e. The number of hydrogen-bond donors (Lipinski definition) is 0. The first-order valence-electron chi connectivity index (χ1n) is 13.5. The second kappa shape index (κ2) is 9.71. The third-order valence-electron chi connectivity index (χ3n) is 8.38. The van der Waals surface area contributed by atoms with Gasteiger partial charge in [-0.05, 0) is 56.0 Å². The maximum atomic E-state index is 12.7. The van der Waals surface area contributed by atoms with Gasteiger partial charge in [0.25, 0.3) is 0 Å². The summed E-state index contributed by atoms with van der Waals surface area (Å²) in [5.41, 5.74) is 6.05. The number of carbonyl (C=O) groups is 1. The van der Waals surface area contributed by atoms with E-state index in [0.29, 0.717) is 38.1 Å². The van der Waals surface area contributed by atoms with Gasteiger partial charge in [0.15, 0.2) is 0 Å². The summed E-state index contributed by atoms with van der Waals surface area (Å²) in [6, 6.07) is 16.3. The molecule has 2 amide bonds. The number of nitriles is 1. The minimum Gasteiger partial charge on any atom is -0.366 e. The van der Waals surface area contributed by atoms with Crippen molar-refractivity contribution < 1.29 is 4.79 Å². The third-order valence-corrected chi connectivity index (χ3v) is 8.38. The molecule has 192 valence electrons.